The van der Waals surface area contributed by atoms with Gasteiger partial charge in [0.1, 0.15) is 0 Å². The van der Waals surface area contributed by atoms with Crippen molar-refractivity contribution in [1.82, 2.24) is 19.5 Å². The molecule has 118 valence electrons. The van der Waals surface area contributed by atoms with Gasteiger partial charge in [-0.15, -0.1) is 0 Å². The summed E-state index contributed by atoms with van der Waals surface area (Å²) in [5, 5.41) is 3.85. The number of carbonyl (C=O) groups excluding carboxylic acids is 1. The van der Waals surface area contributed by atoms with Crippen molar-refractivity contribution >= 4 is 46.1 Å². The zero-order valence-electron chi connectivity index (χ0n) is 12.0. The normalized spacial score (nSPS) is 10.9. The van der Waals surface area contributed by atoms with Gasteiger partial charge in [0.15, 0.2) is 16.3 Å². The Hall–Kier alpha value is -2.32. The third kappa shape index (κ3) is 3.38. The molecule has 0 aliphatic heterocycles. The lowest BCUT2D eigenvalue weighted by Crippen LogP contribution is -2.14. The van der Waals surface area contributed by atoms with Crippen molar-refractivity contribution in [2.45, 2.75) is 5.16 Å². The molecule has 0 unspecified atom stereocenters. The van der Waals surface area contributed by atoms with Gasteiger partial charge in [-0.1, -0.05) is 29.4 Å². The second-order valence-electron chi connectivity index (χ2n) is 4.70. The van der Waals surface area contributed by atoms with Gasteiger partial charge in [0.2, 0.25) is 5.91 Å². The van der Waals surface area contributed by atoms with Crippen LogP contribution in [0.15, 0.2) is 40.5 Å². The first kappa shape index (κ1) is 15.6. The predicted octanol–water partition coefficient (Wildman–Crippen LogP) is 2.04. The van der Waals surface area contributed by atoms with E-state index < -0.39 is 0 Å². The van der Waals surface area contributed by atoms with E-state index in [0.29, 0.717) is 21.5 Å². The van der Waals surface area contributed by atoms with Gasteiger partial charge in [-0.3, -0.25) is 9.59 Å². The molecule has 0 saturated carbocycles. The maximum absolute atomic E-state index is 12.0. The van der Waals surface area contributed by atoms with E-state index in [-0.39, 0.29) is 22.7 Å². The number of benzene rings is 1. The molecule has 0 fully saturated rings. The minimum atomic E-state index is -0.305. The number of halogens is 1. The number of fused-ring (bicyclic) bond motifs is 1. The van der Waals surface area contributed by atoms with Crippen LogP contribution in [0.5, 0.6) is 0 Å². The van der Waals surface area contributed by atoms with Gasteiger partial charge < -0.3 is 14.9 Å². The summed E-state index contributed by atoms with van der Waals surface area (Å²) in [5.41, 5.74) is 1.06. The standard InChI is InChI=1S/C14H12ClN5O2S/c1-20-12-11(13(22)17-7-16-12)19-14(20)23-6-10(21)18-9-4-2-3-8(15)5-9/h2-5,7H,6H2,1H3,(H,18,21)(H,16,17,22). The van der Waals surface area contributed by atoms with Crippen LogP contribution in [-0.2, 0) is 11.8 Å². The number of nitrogens with one attached hydrogen (secondary N) is 2. The van der Waals surface area contributed by atoms with Crippen LogP contribution in [0.4, 0.5) is 5.69 Å². The second-order valence-corrected chi connectivity index (χ2v) is 6.08. The highest BCUT2D eigenvalue weighted by atomic mass is 35.5. The summed E-state index contributed by atoms with van der Waals surface area (Å²) in [4.78, 5) is 34.5. The molecule has 7 nitrogen and oxygen atoms in total. The Balaban J connectivity index is 1.71. The SMILES string of the molecule is Cn1c(SCC(=O)Nc2cccc(Cl)c2)nc2c(=O)[nH]cnc21. The molecule has 1 aromatic carbocycles. The number of amides is 1. The highest BCUT2D eigenvalue weighted by molar-refractivity contribution is 7.99. The first-order chi connectivity index (χ1) is 11.0. The molecule has 9 heteroatoms. The fourth-order valence-electron chi connectivity index (χ4n) is 2.01. The maximum atomic E-state index is 12.0. The van der Waals surface area contributed by atoms with Gasteiger partial charge in [-0.2, -0.15) is 0 Å². The summed E-state index contributed by atoms with van der Waals surface area (Å²) in [6, 6.07) is 6.92. The summed E-state index contributed by atoms with van der Waals surface area (Å²) in [6.45, 7) is 0. The first-order valence-corrected chi connectivity index (χ1v) is 7.99. The number of hydrogen-bond acceptors (Lipinski definition) is 5. The van der Waals surface area contributed by atoms with Crippen LogP contribution in [0, 0.1) is 0 Å². The lowest BCUT2D eigenvalue weighted by Gasteiger charge is -2.05. The van der Waals surface area contributed by atoms with Gasteiger partial charge in [0, 0.05) is 17.8 Å². The predicted molar refractivity (Wildman–Crippen MR) is 89.9 cm³/mol. The molecule has 0 aliphatic carbocycles. The van der Waals surface area contributed by atoms with E-state index in [1.165, 1.54) is 18.1 Å². The van der Waals surface area contributed by atoms with Gasteiger partial charge in [0.25, 0.3) is 5.56 Å². The fraction of sp³-hybridized carbons (Fsp3) is 0.143. The van der Waals surface area contributed by atoms with Crippen molar-refractivity contribution in [3.05, 3.63) is 46.0 Å². The molecule has 0 saturated heterocycles. The monoisotopic (exact) mass is 349 g/mol. The Morgan fingerprint density at radius 1 is 1.48 bits per heavy atom. The zero-order valence-corrected chi connectivity index (χ0v) is 13.6. The second kappa shape index (κ2) is 6.43. The van der Waals surface area contributed by atoms with Crippen molar-refractivity contribution in [1.29, 1.82) is 0 Å². The fourth-order valence-corrected chi connectivity index (χ4v) is 2.97. The van der Waals surface area contributed by atoms with Crippen LogP contribution in [0.3, 0.4) is 0 Å². The number of imidazole rings is 1. The molecule has 0 bridgehead atoms. The molecule has 0 atom stereocenters. The van der Waals surface area contributed by atoms with Crippen LogP contribution in [0.25, 0.3) is 11.2 Å². The number of aromatic amines is 1. The zero-order chi connectivity index (χ0) is 16.4. The molecule has 2 N–H and O–H groups in total. The number of carbonyl (C=O) groups is 1. The van der Waals surface area contributed by atoms with E-state index in [1.54, 1.807) is 35.9 Å². The van der Waals surface area contributed by atoms with Gasteiger partial charge in [-0.05, 0) is 18.2 Å². The van der Waals surface area contributed by atoms with E-state index >= 15 is 0 Å². The lowest BCUT2D eigenvalue weighted by atomic mass is 10.3. The molecule has 3 aromatic rings. The minimum absolute atomic E-state index is 0.154. The van der Waals surface area contributed by atoms with Crippen molar-refractivity contribution in [2.24, 2.45) is 7.05 Å². The van der Waals surface area contributed by atoms with E-state index in [4.69, 9.17) is 11.6 Å². The van der Waals surface area contributed by atoms with Crippen molar-refractivity contribution in [2.75, 3.05) is 11.1 Å². The minimum Gasteiger partial charge on any atom is -0.325 e. The van der Waals surface area contributed by atoms with Crippen molar-refractivity contribution < 1.29 is 4.79 Å². The maximum Gasteiger partial charge on any atom is 0.278 e. The molecule has 0 aliphatic rings. The van der Waals surface area contributed by atoms with Gasteiger partial charge in [-0.25, -0.2) is 9.97 Å². The molecule has 2 heterocycles. The Kier molecular flexibility index (Phi) is 4.35. The Bertz CT molecular complexity index is 936. The van der Waals surface area contributed by atoms with E-state index in [1.807, 2.05) is 0 Å². The highest BCUT2D eigenvalue weighted by Crippen LogP contribution is 2.20. The van der Waals surface area contributed by atoms with E-state index in [9.17, 15) is 9.59 Å². The van der Waals surface area contributed by atoms with Crippen LogP contribution in [0.2, 0.25) is 5.02 Å². The van der Waals surface area contributed by atoms with Crippen molar-refractivity contribution in [3.8, 4) is 0 Å². The topological polar surface area (TPSA) is 92.7 Å². The summed E-state index contributed by atoms with van der Waals surface area (Å²) < 4.78 is 1.68. The number of nitrogens with zero attached hydrogens (tertiary/aromatic N) is 3. The Labute approximate surface area is 140 Å². The van der Waals surface area contributed by atoms with Crippen LogP contribution in [-0.4, -0.2) is 31.2 Å². The van der Waals surface area contributed by atoms with E-state index in [2.05, 4.69) is 20.3 Å². The Morgan fingerprint density at radius 3 is 3.04 bits per heavy atom. The average Bonchev–Trinajstić information content (AvgIpc) is 2.84. The van der Waals surface area contributed by atoms with E-state index in [0.717, 1.165) is 0 Å². The number of anilines is 1. The van der Waals surface area contributed by atoms with Crippen molar-refractivity contribution in [3.63, 3.8) is 0 Å². The smallest absolute Gasteiger partial charge is 0.278 e. The number of aromatic nitrogens is 4. The average molecular weight is 350 g/mol. The number of rotatable bonds is 4. The summed E-state index contributed by atoms with van der Waals surface area (Å²) in [7, 11) is 1.75. The lowest BCUT2D eigenvalue weighted by molar-refractivity contribution is -0.113. The number of aryl methyl sites for hydroxylation is 1. The van der Waals surface area contributed by atoms with Gasteiger partial charge >= 0.3 is 0 Å². The number of H-pyrrole nitrogens is 1. The molecular formula is C14H12ClN5O2S. The van der Waals surface area contributed by atoms with Crippen LogP contribution < -0.4 is 10.9 Å². The third-order valence-electron chi connectivity index (χ3n) is 3.06. The summed E-state index contributed by atoms with van der Waals surface area (Å²) in [5.74, 6) is -0.0344. The summed E-state index contributed by atoms with van der Waals surface area (Å²) in [6.07, 6.45) is 1.33. The molecule has 0 radical (unpaired) electrons. The first-order valence-electron chi connectivity index (χ1n) is 6.63. The highest BCUT2D eigenvalue weighted by Gasteiger charge is 2.13. The van der Waals surface area contributed by atoms with Crippen LogP contribution >= 0.6 is 23.4 Å². The molecule has 0 spiro atoms. The molecular weight excluding hydrogens is 338 g/mol. The molecule has 2 aromatic heterocycles. The third-order valence-corrected chi connectivity index (χ3v) is 4.33. The Morgan fingerprint density at radius 2 is 2.30 bits per heavy atom. The molecule has 3 rings (SSSR count). The molecule has 23 heavy (non-hydrogen) atoms. The molecule has 1 amide bonds. The van der Waals surface area contributed by atoms with Crippen LogP contribution in [0.1, 0.15) is 0 Å². The van der Waals surface area contributed by atoms with Gasteiger partial charge in [0.05, 0.1) is 12.1 Å². The summed E-state index contributed by atoms with van der Waals surface area (Å²) >= 11 is 7.10. The number of thioether (sulfide) groups is 1. The largest absolute Gasteiger partial charge is 0.325 e. The number of hydrogen-bond donors (Lipinski definition) is 2. The quantitative estimate of drug-likeness (QED) is 0.703.